The lowest BCUT2D eigenvalue weighted by molar-refractivity contribution is -0.0595. The Bertz CT molecular complexity index is 653. The minimum atomic E-state index is 0.337. The van der Waals surface area contributed by atoms with Gasteiger partial charge in [-0.05, 0) is 42.5 Å². The Kier molecular flexibility index (Phi) is 5.35. The maximum absolute atomic E-state index is 6.04. The van der Waals surface area contributed by atoms with E-state index in [9.17, 15) is 0 Å². The normalized spacial score (nSPS) is 26.5. The average Bonchev–Trinajstić information content (AvgIpc) is 3.08. The number of rotatable bonds is 6. The zero-order valence-corrected chi connectivity index (χ0v) is 14.5. The van der Waals surface area contributed by atoms with Gasteiger partial charge in [0, 0.05) is 44.3 Å². The van der Waals surface area contributed by atoms with E-state index in [2.05, 4.69) is 33.1 Å². The zero-order valence-electron chi connectivity index (χ0n) is 14.5. The molecule has 1 aliphatic heterocycles. The number of hydrogen-bond donors (Lipinski definition) is 0. The summed E-state index contributed by atoms with van der Waals surface area (Å²) in [5.74, 6) is 0.566. The first-order valence-corrected chi connectivity index (χ1v) is 9.10. The molecule has 0 N–H and O–H groups in total. The van der Waals surface area contributed by atoms with E-state index in [0.717, 1.165) is 50.4 Å². The Morgan fingerprint density at radius 2 is 2.16 bits per heavy atom. The highest BCUT2D eigenvalue weighted by atomic mass is 16.5. The van der Waals surface area contributed by atoms with E-state index < -0.39 is 0 Å². The first-order chi connectivity index (χ1) is 12.4. The van der Waals surface area contributed by atoms with E-state index in [1.54, 1.807) is 6.20 Å². The molecule has 3 atom stereocenters. The van der Waals surface area contributed by atoms with Gasteiger partial charge in [-0.15, -0.1) is 0 Å². The predicted octanol–water partition coefficient (Wildman–Crippen LogP) is 2.67. The third-order valence-corrected chi connectivity index (χ3v) is 5.19. The zero-order chi connectivity index (χ0) is 16.9. The smallest absolute Gasteiger partial charge is 0.0734 e. The molecular weight excluding hydrogens is 314 g/mol. The molecule has 0 amide bonds. The highest BCUT2D eigenvalue weighted by molar-refractivity contribution is 5.07. The van der Waals surface area contributed by atoms with Gasteiger partial charge in [0.05, 0.1) is 25.0 Å². The molecule has 5 heteroatoms. The van der Waals surface area contributed by atoms with Gasteiger partial charge in [-0.3, -0.25) is 14.9 Å². The number of hydrogen-bond acceptors (Lipinski definition) is 5. The lowest BCUT2D eigenvalue weighted by atomic mass is 10.1. The fraction of sp³-hybridized carbons (Fsp3) is 0.500. The Morgan fingerprint density at radius 1 is 1.16 bits per heavy atom. The number of nitrogens with zero attached hydrogens (tertiary/aromatic N) is 3. The summed E-state index contributed by atoms with van der Waals surface area (Å²) in [7, 11) is 0. The summed E-state index contributed by atoms with van der Waals surface area (Å²) in [5.41, 5.74) is 2.27. The van der Waals surface area contributed by atoms with E-state index in [1.165, 1.54) is 0 Å². The summed E-state index contributed by atoms with van der Waals surface area (Å²) in [6.07, 6.45) is 8.10. The molecule has 1 saturated heterocycles. The monoisotopic (exact) mass is 339 g/mol. The van der Waals surface area contributed by atoms with Crippen molar-refractivity contribution in [3.05, 3.63) is 60.2 Å². The molecule has 0 aromatic carbocycles. The van der Waals surface area contributed by atoms with E-state index in [1.807, 2.05) is 24.5 Å². The molecule has 3 heterocycles. The highest BCUT2D eigenvalue weighted by Crippen LogP contribution is 2.35. The lowest BCUT2D eigenvalue weighted by Gasteiger charge is -2.37. The Balaban J connectivity index is 1.30. The Hall–Kier alpha value is -1.82. The minimum Gasteiger partial charge on any atom is -0.376 e. The minimum absolute atomic E-state index is 0.337. The van der Waals surface area contributed by atoms with Gasteiger partial charge < -0.3 is 9.47 Å². The maximum Gasteiger partial charge on any atom is 0.0734 e. The topological polar surface area (TPSA) is 47.5 Å². The second kappa shape index (κ2) is 8.04. The molecule has 0 spiro atoms. The van der Waals surface area contributed by atoms with Crippen LogP contribution in [0.3, 0.4) is 0 Å². The first kappa shape index (κ1) is 16.6. The average molecular weight is 339 g/mol. The Morgan fingerprint density at radius 3 is 3.00 bits per heavy atom. The molecule has 0 unspecified atom stereocenters. The van der Waals surface area contributed by atoms with Crippen LogP contribution in [-0.2, 0) is 22.6 Å². The molecule has 2 aromatic rings. The summed E-state index contributed by atoms with van der Waals surface area (Å²) < 4.78 is 12.0. The van der Waals surface area contributed by atoms with Crippen LogP contribution in [0.4, 0.5) is 0 Å². The van der Waals surface area contributed by atoms with Crippen molar-refractivity contribution in [3.63, 3.8) is 0 Å². The van der Waals surface area contributed by atoms with Crippen LogP contribution in [0.1, 0.15) is 24.1 Å². The molecule has 1 saturated carbocycles. The van der Waals surface area contributed by atoms with Crippen molar-refractivity contribution in [1.82, 2.24) is 14.9 Å². The fourth-order valence-corrected chi connectivity index (χ4v) is 3.98. The van der Waals surface area contributed by atoms with E-state index in [0.29, 0.717) is 24.7 Å². The molecular formula is C20H25N3O2. The molecule has 25 heavy (non-hydrogen) atoms. The summed E-state index contributed by atoms with van der Waals surface area (Å²) >= 11 is 0. The molecule has 2 fully saturated rings. The largest absolute Gasteiger partial charge is 0.376 e. The van der Waals surface area contributed by atoms with Crippen LogP contribution in [0.5, 0.6) is 0 Å². The van der Waals surface area contributed by atoms with Crippen molar-refractivity contribution in [2.24, 2.45) is 5.92 Å². The van der Waals surface area contributed by atoms with Crippen molar-refractivity contribution in [1.29, 1.82) is 0 Å². The summed E-state index contributed by atoms with van der Waals surface area (Å²) in [6.45, 7) is 4.15. The highest BCUT2D eigenvalue weighted by Gasteiger charge is 2.40. The van der Waals surface area contributed by atoms with Crippen LogP contribution < -0.4 is 0 Å². The van der Waals surface area contributed by atoms with Crippen LogP contribution in [0.15, 0.2) is 48.9 Å². The molecule has 0 bridgehead atoms. The molecule has 5 nitrogen and oxygen atoms in total. The standard InChI is InChI=1S/C20H25N3O2/c1-2-7-22-18(5-1)13-23-8-9-25-20-11-17(10-19(20)23)15-24-14-16-4-3-6-21-12-16/h1-7,12,17,19-20H,8-11,13-15H2/t17-,19+,20+/m0/s1. The van der Waals surface area contributed by atoms with Crippen molar-refractivity contribution in [2.45, 2.75) is 38.1 Å². The summed E-state index contributed by atoms with van der Waals surface area (Å²) in [4.78, 5) is 11.1. The second-order valence-corrected chi connectivity index (χ2v) is 6.98. The molecule has 2 aliphatic rings. The van der Waals surface area contributed by atoms with Crippen molar-refractivity contribution in [3.8, 4) is 0 Å². The van der Waals surface area contributed by atoms with Crippen LogP contribution >= 0.6 is 0 Å². The number of pyridine rings is 2. The van der Waals surface area contributed by atoms with E-state index in [-0.39, 0.29) is 0 Å². The number of morpholine rings is 1. The van der Waals surface area contributed by atoms with Crippen molar-refractivity contribution < 1.29 is 9.47 Å². The summed E-state index contributed by atoms with van der Waals surface area (Å²) in [5, 5.41) is 0. The maximum atomic E-state index is 6.04. The van der Waals surface area contributed by atoms with Gasteiger partial charge in [0.15, 0.2) is 0 Å². The SMILES string of the molecule is c1ccc(CN2CCO[C@@H]3C[C@@H](COCc4cccnc4)C[C@H]32)nc1. The lowest BCUT2D eigenvalue weighted by Crippen LogP contribution is -2.47. The van der Waals surface area contributed by atoms with Gasteiger partial charge in [0.2, 0.25) is 0 Å². The van der Waals surface area contributed by atoms with Crippen LogP contribution in [0.2, 0.25) is 0 Å². The van der Waals surface area contributed by atoms with Gasteiger partial charge in [0.1, 0.15) is 0 Å². The third kappa shape index (κ3) is 4.24. The molecule has 132 valence electrons. The van der Waals surface area contributed by atoms with Crippen LogP contribution in [0, 0.1) is 5.92 Å². The van der Waals surface area contributed by atoms with Gasteiger partial charge in [0.25, 0.3) is 0 Å². The van der Waals surface area contributed by atoms with E-state index >= 15 is 0 Å². The predicted molar refractivity (Wildman–Crippen MR) is 94.8 cm³/mol. The molecule has 4 rings (SSSR count). The van der Waals surface area contributed by atoms with Gasteiger partial charge in [-0.1, -0.05) is 12.1 Å². The quantitative estimate of drug-likeness (QED) is 0.810. The van der Waals surface area contributed by atoms with Crippen LogP contribution in [0.25, 0.3) is 0 Å². The van der Waals surface area contributed by atoms with Gasteiger partial charge in [-0.25, -0.2) is 0 Å². The third-order valence-electron chi connectivity index (χ3n) is 5.19. The number of aromatic nitrogens is 2. The number of fused-ring (bicyclic) bond motifs is 1. The summed E-state index contributed by atoms with van der Waals surface area (Å²) in [6, 6.07) is 10.6. The molecule has 1 aliphatic carbocycles. The Labute approximate surface area is 149 Å². The van der Waals surface area contributed by atoms with Crippen molar-refractivity contribution in [2.75, 3.05) is 19.8 Å². The first-order valence-electron chi connectivity index (χ1n) is 9.10. The molecule has 0 radical (unpaired) electrons. The van der Waals surface area contributed by atoms with E-state index in [4.69, 9.17) is 9.47 Å². The molecule has 2 aromatic heterocycles. The van der Waals surface area contributed by atoms with Crippen molar-refractivity contribution >= 4 is 0 Å². The van der Waals surface area contributed by atoms with Gasteiger partial charge >= 0.3 is 0 Å². The van der Waals surface area contributed by atoms with Crippen LogP contribution in [-0.4, -0.2) is 46.8 Å². The second-order valence-electron chi connectivity index (χ2n) is 6.98. The fourth-order valence-electron chi connectivity index (χ4n) is 3.98. The van der Waals surface area contributed by atoms with Gasteiger partial charge in [-0.2, -0.15) is 0 Å². The number of ether oxygens (including phenoxy) is 2.